The predicted molar refractivity (Wildman–Crippen MR) is 147 cm³/mol. The third-order valence-corrected chi connectivity index (χ3v) is 8.41. The number of aliphatic hydroxyl groups is 1. The first-order valence-electron chi connectivity index (χ1n) is 13.9. The zero-order valence-electron chi connectivity index (χ0n) is 22.7. The Morgan fingerprint density at radius 1 is 1.05 bits per heavy atom. The van der Waals surface area contributed by atoms with Crippen molar-refractivity contribution in [2.45, 2.75) is 70.3 Å². The van der Waals surface area contributed by atoms with Gasteiger partial charge in [0.1, 0.15) is 5.75 Å². The molecule has 1 aromatic heterocycles. The quantitative estimate of drug-likeness (QED) is 0.471. The molecule has 38 heavy (non-hydrogen) atoms. The molecule has 2 saturated carbocycles. The van der Waals surface area contributed by atoms with Crippen molar-refractivity contribution in [3.05, 3.63) is 53.6 Å². The molecule has 2 fully saturated rings. The van der Waals surface area contributed by atoms with Crippen LogP contribution in [0, 0.1) is 18.8 Å². The molecular weight excluding hydrogens is 478 g/mol. The highest BCUT2D eigenvalue weighted by Gasteiger charge is 2.32. The molecule has 0 bridgehead atoms. The van der Waals surface area contributed by atoms with Crippen molar-refractivity contribution in [2.24, 2.45) is 18.9 Å². The average Bonchev–Trinajstić information content (AvgIpc) is 3.38. The van der Waals surface area contributed by atoms with Gasteiger partial charge in [-0.15, -0.1) is 10.2 Å². The van der Waals surface area contributed by atoms with Gasteiger partial charge in [0, 0.05) is 23.7 Å². The van der Waals surface area contributed by atoms with Crippen LogP contribution >= 0.6 is 0 Å². The number of anilines is 1. The van der Waals surface area contributed by atoms with E-state index in [1.165, 1.54) is 15.9 Å². The van der Waals surface area contributed by atoms with Crippen LogP contribution in [-0.4, -0.2) is 51.0 Å². The van der Waals surface area contributed by atoms with Crippen LogP contribution in [-0.2, 0) is 11.8 Å². The largest absolute Gasteiger partial charge is 0.496 e. The minimum Gasteiger partial charge on any atom is -0.496 e. The van der Waals surface area contributed by atoms with E-state index in [4.69, 9.17) is 4.74 Å². The van der Waals surface area contributed by atoms with Gasteiger partial charge in [0.15, 0.2) is 0 Å². The summed E-state index contributed by atoms with van der Waals surface area (Å²) >= 11 is 0. The summed E-state index contributed by atoms with van der Waals surface area (Å²) < 4.78 is 5.44. The third-order valence-electron chi connectivity index (χ3n) is 8.41. The molecule has 1 amide bonds. The molecule has 0 aliphatic heterocycles. The van der Waals surface area contributed by atoms with Crippen LogP contribution in [0.1, 0.15) is 68.4 Å². The van der Waals surface area contributed by atoms with Gasteiger partial charge in [-0.2, -0.15) is 4.80 Å². The average molecular weight is 518 g/mol. The highest BCUT2D eigenvalue weighted by atomic mass is 16.5. The summed E-state index contributed by atoms with van der Waals surface area (Å²) in [6.45, 7) is 2.82. The second kappa shape index (κ2) is 11.6. The van der Waals surface area contributed by atoms with E-state index in [9.17, 15) is 9.90 Å². The zero-order valence-corrected chi connectivity index (χ0v) is 22.7. The number of carbonyl (C=O) groups excluding carboxylic acids is 1. The first kappa shape index (κ1) is 26.4. The number of hydrogen-bond donors (Lipinski definition) is 1. The summed E-state index contributed by atoms with van der Waals surface area (Å²) in [5.41, 5.74) is 4.31. The lowest BCUT2D eigenvalue weighted by Gasteiger charge is -2.36. The van der Waals surface area contributed by atoms with E-state index in [1.54, 1.807) is 14.2 Å². The second-order valence-corrected chi connectivity index (χ2v) is 11.1. The summed E-state index contributed by atoms with van der Waals surface area (Å²) in [6.07, 6.45) is 7.02. The minimum absolute atomic E-state index is 0.0460. The molecule has 0 spiro atoms. The number of benzene rings is 2. The predicted octanol–water partition coefficient (Wildman–Crippen LogP) is 5.05. The highest BCUT2D eigenvalue weighted by Crippen LogP contribution is 2.39. The van der Waals surface area contributed by atoms with Gasteiger partial charge in [-0.25, -0.2) is 0 Å². The van der Waals surface area contributed by atoms with Gasteiger partial charge >= 0.3 is 0 Å². The van der Waals surface area contributed by atoms with Crippen LogP contribution in [0.3, 0.4) is 0 Å². The molecule has 0 atom stereocenters. The summed E-state index contributed by atoms with van der Waals surface area (Å²) in [5, 5.41) is 22.5. The number of carbonyl (C=O) groups is 1. The van der Waals surface area contributed by atoms with Crippen molar-refractivity contribution in [3.63, 3.8) is 0 Å². The lowest BCUT2D eigenvalue weighted by molar-refractivity contribution is -0.124. The summed E-state index contributed by atoms with van der Waals surface area (Å²) in [6, 6.07) is 14.5. The molecule has 8 nitrogen and oxygen atoms in total. The van der Waals surface area contributed by atoms with E-state index in [0.29, 0.717) is 37.0 Å². The van der Waals surface area contributed by atoms with Gasteiger partial charge in [0.25, 0.3) is 0 Å². The Morgan fingerprint density at radius 3 is 2.47 bits per heavy atom. The first-order valence-corrected chi connectivity index (χ1v) is 13.9. The molecule has 0 radical (unpaired) electrons. The number of nitrogens with zero attached hydrogens (tertiary/aromatic N) is 5. The fourth-order valence-corrected chi connectivity index (χ4v) is 6.17. The second-order valence-electron chi connectivity index (χ2n) is 11.1. The van der Waals surface area contributed by atoms with Crippen LogP contribution in [0.4, 0.5) is 5.69 Å². The van der Waals surface area contributed by atoms with Crippen LogP contribution < -0.4 is 9.64 Å². The molecule has 3 aromatic rings. The molecule has 2 aliphatic rings. The number of ether oxygens (including phenoxy) is 1. The van der Waals surface area contributed by atoms with Crippen LogP contribution in [0.15, 0.2) is 42.5 Å². The van der Waals surface area contributed by atoms with Gasteiger partial charge in [0.2, 0.25) is 11.7 Å². The molecule has 2 aliphatic carbocycles. The van der Waals surface area contributed by atoms with E-state index < -0.39 is 0 Å². The number of amides is 1. The number of tetrazole rings is 1. The van der Waals surface area contributed by atoms with Gasteiger partial charge in [-0.05, 0) is 105 Å². The number of aryl methyl sites for hydroxylation is 2. The van der Waals surface area contributed by atoms with Crippen LogP contribution in [0.25, 0.3) is 11.4 Å². The Hall–Kier alpha value is -3.26. The Bertz CT molecular complexity index is 1240. The summed E-state index contributed by atoms with van der Waals surface area (Å²) in [5.74, 6) is 2.61. The monoisotopic (exact) mass is 517 g/mol. The molecule has 0 saturated heterocycles. The summed E-state index contributed by atoms with van der Waals surface area (Å²) in [4.78, 5) is 17.3. The molecule has 5 rings (SSSR count). The van der Waals surface area contributed by atoms with Crippen molar-refractivity contribution in [1.82, 2.24) is 20.2 Å². The number of hydrogen-bond acceptors (Lipinski definition) is 6. The van der Waals surface area contributed by atoms with Gasteiger partial charge in [-0.1, -0.05) is 24.3 Å². The summed E-state index contributed by atoms with van der Waals surface area (Å²) in [7, 11) is 3.46. The normalized spacial score (nSPS) is 23.7. The molecule has 1 heterocycles. The Balaban J connectivity index is 1.32. The van der Waals surface area contributed by atoms with Crippen molar-refractivity contribution < 1.29 is 14.6 Å². The topological polar surface area (TPSA) is 93.4 Å². The smallest absolute Gasteiger partial charge is 0.230 e. The number of methoxy groups -OCH3 is 1. The van der Waals surface area contributed by atoms with Crippen molar-refractivity contribution in [3.8, 4) is 17.1 Å². The lowest BCUT2D eigenvalue weighted by Crippen LogP contribution is -2.41. The van der Waals surface area contributed by atoms with Crippen LogP contribution in [0.2, 0.25) is 0 Å². The maximum absolute atomic E-state index is 13.9. The Kier molecular flexibility index (Phi) is 8.07. The van der Waals surface area contributed by atoms with Gasteiger partial charge < -0.3 is 14.7 Å². The van der Waals surface area contributed by atoms with Crippen LogP contribution in [0.5, 0.6) is 5.75 Å². The van der Waals surface area contributed by atoms with E-state index >= 15 is 0 Å². The lowest BCUT2D eigenvalue weighted by atomic mass is 9.78. The zero-order chi connectivity index (χ0) is 26.6. The van der Waals surface area contributed by atoms with Crippen molar-refractivity contribution in [2.75, 3.05) is 18.6 Å². The molecule has 1 N–H and O–H groups in total. The SMILES string of the molecule is COc1ccc([C@H]2CC[C@H](CN(c3cccc(-c4nnn(C)n4)c3)C(=O)[C@H]3CC[C@H](O)CC3)CC2)cc1C. The Morgan fingerprint density at radius 2 is 1.82 bits per heavy atom. The van der Waals surface area contributed by atoms with E-state index in [0.717, 1.165) is 55.5 Å². The highest BCUT2D eigenvalue weighted by molar-refractivity contribution is 5.95. The maximum atomic E-state index is 13.9. The molecule has 8 heteroatoms. The standard InChI is InChI=1S/C30H39N5O3/c1-20-17-24(13-16-28(20)38-3)22-9-7-21(8-10-22)19-35(30(37)23-11-14-27(36)15-12-23)26-6-4-5-25(18-26)29-31-33-34(2)32-29/h4-6,13,16-18,21-23,27,36H,7-12,14-15,19H2,1-3H3/t21-,22-,23-,27-. The maximum Gasteiger partial charge on any atom is 0.230 e. The Labute approximate surface area is 225 Å². The van der Waals surface area contributed by atoms with E-state index in [2.05, 4.69) is 40.5 Å². The third kappa shape index (κ3) is 5.90. The van der Waals surface area contributed by atoms with Crippen molar-refractivity contribution >= 4 is 11.6 Å². The number of aromatic nitrogens is 4. The molecule has 202 valence electrons. The number of aliphatic hydroxyl groups excluding tert-OH is 1. The fourth-order valence-electron chi connectivity index (χ4n) is 6.17. The number of rotatable bonds is 7. The molecule has 2 aromatic carbocycles. The minimum atomic E-state index is -0.282. The van der Waals surface area contributed by atoms with Gasteiger partial charge in [0.05, 0.1) is 20.3 Å². The molecular formula is C30H39N5O3. The van der Waals surface area contributed by atoms with E-state index in [1.807, 2.05) is 29.2 Å². The van der Waals surface area contributed by atoms with Crippen molar-refractivity contribution in [1.29, 1.82) is 0 Å². The molecule has 0 unspecified atom stereocenters. The van der Waals surface area contributed by atoms with Gasteiger partial charge in [-0.3, -0.25) is 4.79 Å². The first-order chi connectivity index (χ1) is 18.4. The fraction of sp³-hybridized carbons (Fsp3) is 0.533. The van der Waals surface area contributed by atoms with E-state index in [-0.39, 0.29) is 17.9 Å².